The van der Waals surface area contributed by atoms with Crippen molar-refractivity contribution < 1.29 is 27.6 Å². The molecule has 0 aliphatic heterocycles. The van der Waals surface area contributed by atoms with E-state index in [1.807, 2.05) is 20.8 Å². The molecule has 30 heavy (non-hydrogen) atoms. The van der Waals surface area contributed by atoms with Crippen molar-refractivity contribution in [3.8, 4) is 0 Å². The van der Waals surface area contributed by atoms with Gasteiger partial charge in [-0.1, -0.05) is 45.7 Å². The molecule has 0 aliphatic rings. The molecule has 4 amide bonds. The van der Waals surface area contributed by atoms with Crippen LogP contribution in [0.25, 0.3) is 0 Å². The average molecular weight is 439 g/mol. The second-order valence-electron chi connectivity index (χ2n) is 7.40. The first-order chi connectivity index (χ1) is 13.8. The molecule has 0 saturated carbocycles. The van der Waals surface area contributed by atoms with Crippen LogP contribution >= 0.6 is 12.8 Å². The molecule has 2 aromatic rings. The number of hydrogen-bond donors (Lipinski definition) is 3. The van der Waals surface area contributed by atoms with Gasteiger partial charge in [0.1, 0.15) is 0 Å². The van der Waals surface area contributed by atoms with Gasteiger partial charge in [0.05, 0.1) is 5.69 Å². The lowest BCUT2D eigenvalue weighted by atomic mass is 9.87. The molecule has 0 heterocycles. The van der Waals surface area contributed by atoms with Crippen LogP contribution in [0.2, 0.25) is 0 Å². The van der Waals surface area contributed by atoms with Gasteiger partial charge in [-0.15, -0.1) is 0 Å². The standard InChI is InChI=1S/C20H20F3N3O3S/c1-19(2,3)13-6-4-12(5-7-13)16(27)25-18(29)26(30)15-10-8-14(9-11-15)24-17(28)20(21,22)23/h4-11,30H,1-3H3,(H,24,28)(H,25,27,29). The second-order valence-corrected chi connectivity index (χ2v) is 7.80. The highest BCUT2D eigenvalue weighted by Gasteiger charge is 2.38. The number of benzene rings is 2. The quantitative estimate of drug-likeness (QED) is 0.608. The summed E-state index contributed by atoms with van der Waals surface area (Å²) in [5, 5.41) is 3.86. The molecule has 0 bridgehead atoms. The maximum atomic E-state index is 12.3. The molecule has 0 fully saturated rings. The Hall–Kier alpha value is -3.01. The maximum Gasteiger partial charge on any atom is 0.471 e. The molecular weight excluding hydrogens is 419 g/mol. The molecule has 0 saturated heterocycles. The SMILES string of the molecule is CC(C)(C)c1ccc(C(=O)NC(=O)N(S)c2ccc(NC(=O)C(F)(F)F)cc2)cc1. The number of carbonyl (C=O) groups excluding carboxylic acids is 3. The Kier molecular flexibility index (Phi) is 6.81. The van der Waals surface area contributed by atoms with E-state index in [0.29, 0.717) is 0 Å². The fourth-order valence-electron chi connectivity index (χ4n) is 2.35. The molecular formula is C20H20F3N3O3S. The van der Waals surface area contributed by atoms with Gasteiger partial charge in [0.2, 0.25) is 0 Å². The Morgan fingerprint density at radius 2 is 1.43 bits per heavy atom. The highest BCUT2D eigenvalue weighted by molar-refractivity contribution is 7.82. The molecule has 160 valence electrons. The Balaban J connectivity index is 2.01. The third kappa shape index (κ3) is 5.99. The van der Waals surface area contributed by atoms with Crippen molar-refractivity contribution in [1.29, 1.82) is 0 Å². The van der Waals surface area contributed by atoms with Gasteiger partial charge in [0.15, 0.2) is 0 Å². The first-order valence-electron chi connectivity index (χ1n) is 8.72. The van der Waals surface area contributed by atoms with Crippen molar-refractivity contribution >= 4 is 42.0 Å². The first kappa shape index (κ1) is 23.3. The summed E-state index contributed by atoms with van der Waals surface area (Å²) in [7, 11) is 0. The number of halogens is 3. The smallest absolute Gasteiger partial charge is 0.318 e. The van der Waals surface area contributed by atoms with E-state index < -0.39 is 24.0 Å². The van der Waals surface area contributed by atoms with Crippen LogP contribution in [-0.4, -0.2) is 24.0 Å². The number of hydrogen-bond acceptors (Lipinski definition) is 4. The van der Waals surface area contributed by atoms with Crippen molar-refractivity contribution in [3.63, 3.8) is 0 Å². The van der Waals surface area contributed by atoms with E-state index in [9.17, 15) is 27.6 Å². The number of carbonyl (C=O) groups is 3. The van der Waals surface area contributed by atoms with Crippen LogP contribution in [0.1, 0.15) is 36.7 Å². The van der Waals surface area contributed by atoms with E-state index in [4.69, 9.17) is 0 Å². The van der Waals surface area contributed by atoms with E-state index in [0.717, 1.165) is 9.87 Å². The van der Waals surface area contributed by atoms with E-state index >= 15 is 0 Å². The maximum absolute atomic E-state index is 12.3. The fourth-order valence-corrected chi connectivity index (χ4v) is 2.53. The van der Waals surface area contributed by atoms with E-state index in [1.54, 1.807) is 29.6 Å². The number of urea groups is 1. The van der Waals surface area contributed by atoms with Crippen molar-refractivity contribution in [1.82, 2.24) is 5.32 Å². The third-order valence-electron chi connectivity index (χ3n) is 4.05. The van der Waals surface area contributed by atoms with Gasteiger partial charge in [-0.25, -0.2) is 9.10 Å². The molecule has 2 N–H and O–H groups in total. The third-order valence-corrected chi connectivity index (χ3v) is 4.47. The van der Waals surface area contributed by atoms with Crippen LogP contribution < -0.4 is 14.9 Å². The summed E-state index contributed by atoms with van der Waals surface area (Å²) in [6.07, 6.45) is -5.01. The van der Waals surface area contributed by atoms with Crippen LogP contribution in [0, 0.1) is 0 Å². The van der Waals surface area contributed by atoms with Crippen LogP contribution in [0.15, 0.2) is 48.5 Å². The number of nitrogens with one attached hydrogen (secondary N) is 2. The summed E-state index contributed by atoms with van der Waals surface area (Å²) in [6, 6.07) is 10.8. The van der Waals surface area contributed by atoms with Gasteiger partial charge < -0.3 is 5.32 Å². The Morgan fingerprint density at radius 1 is 0.900 bits per heavy atom. The van der Waals surface area contributed by atoms with Crippen molar-refractivity contribution in [2.45, 2.75) is 32.4 Å². The largest absolute Gasteiger partial charge is 0.471 e. The first-order valence-corrected chi connectivity index (χ1v) is 9.12. The minimum atomic E-state index is -5.01. The lowest BCUT2D eigenvalue weighted by Crippen LogP contribution is -2.38. The summed E-state index contributed by atoms with van der Waals surface area (Å²) in [5.74, 6) is -2.74. The Bertz CT molecular complexity index is 937. The highest BCUT2D eigenvalue weighted by atomic mass is 32.1. The Labute approximate surface area is 177 Å². The molecule has 0 aliphatic carbocycles. The van der Waals surface area contributed by atoms with E-state index in [1.165, 1.54) is 24.3 Å². The van der Waals surface area contributed by atoms with Gasteiger partial charge in [-0.2, -0.15) is 13.2 Å². The number of amides is 4. The molecule has 2 rings (SSSR count). The van der Waals surface area contributed by atoms with Gasteiger partial charge in [-0.05, 0) is 47.4 Å². The number of nitrogens with zero attached hydrogens (tertiary/aromatic N) is 1. The second kappa shape index (κ2) is 8.78. The zero-order chi connectivity index (χ0) is 22.7. The predicted octanol–water partition coefficient (Wildman–Crippen LogP) is 4.69. The average Bonchev–Trinajstić information content (AvgIpc) is 2.66. The van der Waals surface area contributed by atoms with E-state index in [2.05, 4.69) is 18.1 Å². The van der Waals surface area contributed by atoms with Crippen molar-refractivity contribution in [3.05, 3.63) is 59.7 Å². The summed E-state index contributed by atoms with van der Waals surface area (Å²) in [5.41, 5.74) is 1.29. The van der Waals surface area contributed by atoms with Gasteiger partial charge in [0, 0.05) is 11.3 Å². The topological polar surface area (TPSA) is 78.5 Å². The molecule has 0 spiro atoms. The fraction of sp³-hybridized carbons (Fsp3) is 0.250. The summed E-state index contributed by atoms with van der Waals surface area (Å²) < 4.78 is 37.6. The lowest BCUT2D eigenvalue weighted by Gasteiger charge is -2.19. The van der Waals surface area contributed by atoms with Crippen LogP contribution in [0.4, 0.5) is 29.3 Å². The Morgan fingerprint density at radius 3 is 1.90 bits per heavy atom. The van der Waals surface area contributed by atoms with E-state index in [-0.39, 0.29) is 22.4 Å². The monoisotopic (exact) mass is 439 g/mol. The summed E-state index contributed by atoms with van der Waals surface area (Å²) in [6.45, 7) is 6.10. The molecule has 0 atom stereocenters. The molecule has 0 radical (unpaired) electrons. The summed E-state index contributed by atoms with van der Waals surface area (Å²) in [4.78, 5) is 35.5. The lowest BCUT2D eigenvalue weighted by molar-refractivity contribution is -0.167. The van der Waals surface area contributed by atoms with Crippen LogP contribution in [0.3, 0.4) is 0 Å². The predicted molar refractivity (Wildman–Crippen MR) is 111 cm³/mol. The van der Waals surface area contributed by atoms with Gasteiger partial charge in [-0.3, -0.25) is 14.9 Å². The zero-order valence-corrected chi connectivity index (χ0v) is 17.3. The molecule has 6 nitrogen and oxygen atoms in total. The number of thiol groups is 1. The van der Waals surface area contributed by atoms with Crippen LogP contribution in [0.5, 0.6) is 0 Å². The van der Waals surface area contributed by atoms with Crippen LogP contribution in [-0.2, 0) is 10.2 Å². The van der Waals surface area contributed by atoms with Gasteiger partial charge >= 0.3 is 18.1 Å². The van der Waals surface area contributed by atoms with Crippen molar-refractivity contribution in [2.75, 3.05) is 9.62 Å². The van der Waals surface area contributed by atoms with Crippen molar-refractivity contribution in [2.24, 2.45) is 0 Å². The number of anilines is 2. The number of rotatable bonds is 3. The van der Waals surface area contributed by atoms with Gasteiger partial charge in [0.25, 0.3) is 5.91 Å². The molecule has 2 aromatic carbocycles. The minimum absolute atomic E-state index is 0.0849. The molecule has 10 heteroatoms. The zero-order valence-electron chi connectivity index (χ0n) is 16.4. The summed E-state index contributed by atoms with van der Waals surface area (Å²) >= 11 is 4.01. The molecule has 0 aromatic heterocycles. The highest BCUT2D eigenvalue weighted by Crippen LogP contribution is 2.23. The number of imide groups is 1. The number of alkyl halides is 3. The minimum Gasteiger partial charge on any atom is -0.318 e. The normalized spacial score (nSPS) is 11.6. The molecule has 0 unspecified atom stereocenters.